The molecular weight excluding hydrogens is 386 g/mol. The predicted molar refractivity (Wildman–Crippen MR) is 126 cm³/mol. The zero-order valence-electron chi connectivity index (χ0n) is 17.7. The van der Waals surface area contributed by atoms with Crippen LogP contribution in [0.4, 0.5) is 11.4 Å². The average molecular weight is 412 g/mol. The van der Waals surface area contributed by atoms with Crippen LogP contribution in [0.15, 0.2) is 72.8 Å². The van der Waals surface area contributed by atoms with E-state index in [9.17, 15) is 9.59 Å². The van der Waals surface area contributed by atoms with E-state index >= 15 is 0 Å². The van der Waals surface area contributed by atoms with Gasteiger partial charge in [0, 0.05) is 29.0 Å². The molecule has 1 aliphatic heterocycles. The van der Waals surface area contributed by atoms with Crippen LogP contribution in [0.25, 0.3) is 11.3 Å². The third kappa shape index (κ3) is 4.42. The second-order valence-electron chi connectivity index (χ2n) is 7.49. The van der Waals surface area contributed by atoms with Crippen molar-refractivity contribution in [3.63, 3.8) is 0 Å². The first kappa shape index (κ1) is 20.6. The van der Waals surface area contributed by atoms with E-state index in [0.717, 1.165) is 29.9 Å². The van der Waals surface area contributed by atoms with Crippen LogP contribution in [0, 0.1) is 0 Å². The Morgan fingerprint density at radius 1 is 0.935 bits per heavy atom. The van der Waals surface area contributed by atoms with Gasteiger partial charge in [-0.1, -0.05) is 49.4 Å². The van der Waals surface area contributed by atoms with Gasteiger partial charge < -0.3 is 16.0 Å². The van der Waals surface area contributed by atoms with E-state index in [2.05, 4.69) is 35.0 Å². The number of carbonyl (C=O) groups excluding carboxylic acids is 2. The van der Waals surface area contributed by atoms with E-state index in [1.807, 2.05) is 42.5 Å². The largest absolute Gasteiger partial charge is 0.354 e. The van der Waals surface area contributed by atoms with Crippen LogP contribution in [0.1, 0.15) is 40.9 Å². The van der Waals surface area contributed by atoms with Crippen molar-refractivity contribution in [2.24, 2.45) is 0 Å². The highest BCUT2D eigenvalue weighted by Crippen LogP contribution is 2.38. The van der Waals surface area contributed by atoms with Gasteiger partial charge in [-0.2, -0.15) is 0 Å². The van der Waals surface area contributed by atoms with Crippen LogP contribution in [-0.2, 0) is 11.3 Å². The normalized spacial score (nSPS) is 14.1. The molecule has 0 aliphatic carbocycles. The number of nitrogens with one attached hydrogen (secondary N) is 3. The lowest BCUT2D eigenvalue weighted by Gasteiger charge is -2.15. The summed E-state index contributed by atoms with van der Waals surface area (Å²) >= 11 is 0. The van der Waals surface area contributed by atoms with Gasteiger partial charge in [0.1, 0.15) is 0 Å². The number of carbonyl (C=O) groups is 2. The van der Waals surface area contributed by atoms with E-state index < -0.39 is 0 Å². The molecule has 1 heterocycles. The summed E-state index contributed by atoms with van der Waals surface area (Å²) in [6.45, 7) is 5.34. The third-order valence-corrected chi connectivity index (χ3v) is 5.29. The van der Waals surface area contributed by atoms with Crippen molar-refractivity contribution < 1.29 is 9.59 Å². The molecule has 0 fully saturated rings. The van der Waals surface area contributed by atoms with E-state index in [1.165, 1.54) is 12.5 Å². The summed E-state index contributed by atoms with van der Waals surface area (Å²) in [5, 5.41) is 9.70. The zero-order valence-corrected chi connectivity index (χ0v) is 17.7. The molecule has 0 unspecified atom stereocenters. The fourth-order valence-electron chi connectivity index (χ4n) is 3.64. The number of ketones is 1. The topological polar surface area (TPSA) is 70.2 Å². The Bertz CT molecular complexity index is 1150. The maximum Gasteiger partial charge on any atom is 0.258 e. The average Bonchev–Trinajstić information content (AvgIpc) is 3.12. The standard InChI is InChI=1S/C26H25N3O2/c1-3-27-16-18-9-12-21(13-10-18)28-25(19-7-5-4-6-8-19)24-22-15-20(17(2)30)11-14-23(22)29-26(24)31/h4-15,27-28H,3,16H2,1-2H3,(H,29,31)/b25-24-. The molecule has 0 aromatic heterocycles. The van der Waals surface area contributed by atoms with Crippen molar-refractivity contribution in [2.75, 3.05) is 17.2 Å². The summed E-state index contributed by atoms with van der Waals surface area (Å²) < 4.78 is 0. The van der Waals surface area contributed by atoms with Crippen molar-refractivity contribution >= 4 is 34.3 Å². The van der Waals surface area contributed by atoms with Gasteiger partial charge in [0.2, 0.25) is 0 Å². The lowest BCUT2D eigenvalue weighted by atomic mass is 9.97. The molecule has 5 heteroatoms. The van der Waals surface area contributed by atoms with Crippen LogP contribution >= 0.6 is 0 Å². The van der Waals surface area contributed by atoms with Crippen molar-refractivity contribution in [1.29, 1.82) is 0 Å². The summed E-state index contributed by atoms with van der Waals surface area (Å²) in [5.41, 5.74) is 6.22. The molecule has 0 bridgehead atoms. The first-order valence-corrected chi connectivity index (χ1v) is 10.4. The summed E-state index contributed by atoms with van der Waals surface area (Å²) in [6, 6.07) is 23.2. The van der Waals surface area contributed by atoms with Crippen molar-refractivity contribution in [2.45, 2.75) is 20.4 Å². The van der Waals surface area contributed by atoms with E-state index in [-0.39, 0.29) is 11.7 Å². The Labute approximate surface area is 182 Å². The van der Waals surface area contributed by atoms with E-state index in [4.69, 9.17) is 0 Å². The number of hydrogen-bond acceptors (Lipinski definition) is 4. The predicted octanol–water partition coefficient (Wildman–Crippen LogP) is 4.93. The van der Waals surface area contributed by atoms with Crippen LogP contribution in [-0.4, -0.2) is 18.2 Å². The van der Waals surface area contributed by atoms with Crippen molar-refractivity contribution in [3.05, 3.63) is 95.1 Å². The number of anilines is 2. The van der Waals surface area contributed by atoms with Crippen LogP contribution in [0.2, 0.25) is 0 Å². The Morgan fingerprint density at radius 2 is 1.68 bits per heavy atom. The van der Waals surface area contributed by atoms with Gasteiger partial charge in [-0.25, -0.2) is 0 Å². The number of Topliss-reactive ketones (excluding diaryl/α,β-unsaturated/α-hetero) is 1. The van der Waals surface area contributed by atoms with Gasteiger partial charge in [0.05, 0.1) is 11.3 Å². The number of rotatable bonds is 7. The second-order valence-corrected chi connectivity index (χ2v) is 7.49. The van der Waals surface area contributed by atoms with Crippen molar-refractivity contribution in [1.82, 2.24) is 5.32 Å². The van der Waals surface area contributed by atoms with Gasteiger partial charge in [0.25, 0.3) is 5.91 Å². The zero-order chi connectivity index (χ0) is 21.8. The fraction of sp³-hybridized carbons (Fsp3) is 0.154. The molecule has 31 heavy (non-hydrogen) atoms. The first-order valence-electron chi connectivity index (χ1n) is 10.4. The lowest BCUT2D eigenvalue weighted by Crippen LogP contribution is -2.12. The Morgan fingerprint density at radius 3 is 2.35 bits per heavy atom. The molecular formula is C26H25N3O2. The summed E-state index contributed by atoms with van der Waals surface area (Å²) in [5.74, 6) is -0.224. The number of amides is 1. The SMILES string of the molecule is CCNCc1ccc(N/C(=C2\C(=O)Nc3ccc(C(C)=O)cc32)c2ccccc2)cc1. The van der Waals surface area contributed by atoms with E-state index in [0.29, 0.717) is 22.5 Å². The highest BCUT2D eigenvalue weighted by Gasteiger charge is 2.29. The first-order chi connectivity index (χ1) is 15.1. The van der Waals surface area contributed by atoms with Gasteiger partial charge >= 0.3 is 0 Å². The molecule has 0 saturated heterocycles. The second kappa shape index (κ2) is 8.98. The van der Waals surface area contributed by atoms with Crippen LogP contribution in [0.5, 0.6) is 0 Å². The molecule has 5 nitrogen and oxygen atoms in total. The summed E-state index contributed by atoms with van der Waals surface area (Å²) in [7, 11) is 0. The maximum absolute atomic E-state index is 13.0. The van der Waals surface area contributed by atoms with Gasteiger partial charge in [0.15, 0.2) is 5.78 Å². The number of hydrogen-bond donors (Lipinski definition) is 3. The van der Waals surface area contributed by atoms with Crippen LogP contribution in [0.3, 0.4) is 0 Å². The lowest BCUT2D eigenvalue weighted by molar-refractivity contribution is -0.110. The quantitative estimate of drug-likeness (QED) is 0.381. The molecule has 0 atom stereocenters. The molecule has 0 radical (unpaired) electrons. The Hall–Kier alpha value is -3.70. The Kier molecular flexibility index (Phi) is 5.96. The highest BCUT2D eigenvalue weighted by molar-refractivity contribution is 6.37. The Balaban J connectivity index is 1.80. The van der Waals surface area contributed by atoms with Gasteiger partial charge in [-0.3, -0.25) is 9.59 Å². The molecule has 3 aromatic carbocycles. The molecule has 3 N–H and O–H groups in total. The highest BCUT2D eigenvalue weighted by atomic mass is 16.2. The summed E-state index contributed by atoms with van der Waals surface area (Å²) in [4.78, 5) is 24.9. The monoisotopic (exact) mass is 411 g/mol. The van der Waals surface area contributed by atoms with Gasteiger partial charge in [-0.15, -0.1) is 0 Å². The minimum atomic E-state index is -0.189. The molecule has 1 aliphatic rings. The maximum atomic E-state index is 13.0. The van der Waals surface area contributed by atoms with Crippen molar-refractivity contribution in [3.8, 4) is 0 Å². The molecule has 3 aromatic rings. The third-order valence-electron chi connectivity index (χ3n) is 5.29. The smallest absolute Gasteiger partial charge is 0.258 e. The number of fused-ring (bicyclic) bond motifs is 1. The molecule has 0 spiro atoms. The number of benzene rings is 3. The van der Waals surface area contributed by atoms with E-state index in [1.54, 1.807) is 18.2 Å². The molecule has 156 valence electrons. The van der Waals surface area contributed by atoms with Gasteiger partial charge in [-0.05, 0) is 54.9 Å². The minimum absolute atomic E-state index is 0.0352. The molecule has 1 amide bonds. The minimum Gasteiger partial charge on any atom is -0.354 e. The molecule has 0 saturated carbocycles. The molecule has 4 rings (SSSR count). The van der Waals surface area contributed by atoms with Crippen LogP contribution < -0.4 is 16.0 Å². The fourth-order valence-corrected chi connectivity index (χ4v) is 3.64. The summed E-state index contributed by atoms with van der Waals surface area (Å²) in [6.07, 6.45) is 0.